The first-order valence-corrected chi connectivity index (χ1v) is 54.4. The van der Waals surface area contributed by atoms with Crippen molar-refractivity contribution in [3.63, 3.8) is 0 Å². The van der Waals surface area contributed by atoms with Crippen molar-refractivity contribution in [1.82, 2.24) is 19.9 Å². The van der Waals surface area contributed by atoms with Crippen LogP contribution in [0.3, 0.4) is 0 Å². The van der Waals surface area contributed by atoms with Crippen LogP contribution in [0, 0.1) is 66.2 Å². The van der Waals surface area contributed by atoms with Crippen LogP contribution in [0.5, 0.6) is 5.75 Å². The van der Waals surface area contributed by atoms with Crippen molar-refractivity contribution < 1.29 is 14.9 Å². The minimum absolute atomic E-state index is 0. The Balaban J connectivity index is 0.000000228. The molecule has 4 aliphatic heterocycles. The predicted octanol–water partition coefficient (Wildman–Crippen LogP) is 34.8. The Labute approximate surface area is 851 Å². The van der Waals surface area contributed by atoms with Crippen LogP contribution >= 0.6 is 45.3 Å². The molecule has 0 amide bonds. The van der Waals surface area contributed by atoms with E-state index in [1.165, 1.54) is 83.1 Å². The number of aromatic nitrogens is 4. The SMILES string of the molecule is C.CC(C)=CCC/C(C)=C/CC/C(C)=C/CC[C@@](C)(O)CCc1c2sc3ccccc3nc-2c(C)c(C)c1=O.CC(C)=CCC/C(C)=C/CC/C(C)=C/CCc1c2sc3ccccc3nc-2c(C)c(C)c1=O.COc1c2nc3ccccc3sc-2c(CC/C=C(\C)CCC=C(C)C)c(=O)c1C.Cc1c2nc3ccccc3sc-2c(CC[C@](C)(O)CCC[C@H](C)CCC[C@H](C)CCCC(C)C)c(=O)c1C. The number of ether oxygens (including phenoxy) is 1. The zero-order valence-electron chi connectivity index (χ0n) is 88.5. The zero-order chi connectivity index (χ0) is 101. The normalized spacial score (nSPS) is 13.5. The van der Waals surface area contributed by atoms with E-state index in [-0.39, 0.29) is 29.1 Å². The van der Waals surface area contributed by atoms with Crippen molar-refractivity contribution in [3.8, 4) is 48.0 Å². The highest BCUT2D eigenvalue weighted by atomic mass is 32.1. The maximum atomic E-state index is 13.3. The van der Waals surface area contributed by atoms with E-state index in [0.717, 1.165) is 266 Å². The Hall–Kier alpha value is -9.32. The molecule has 12 rings (SSSR count). The molecule has 8 aliphatic rings. The third kappa shape index (κ3) is 34.5. The minimum atomic E-state index is -0.829. The average molecular weight is 1950 g/mol. The number of benzene rings is 8. The van der Waals surface area contributed by atoms with Crippen molar-refractivity contribution in [2.24, 2.45) is 17.8 Å². The monoisotopic (exact) mass is 1950 g/mol. The van der Waals surface area contributed by atoms with Gasteiger partial charge in [0.05, 0.1) is 95.8 Å². The molecule has 0 saturated carbocycles. The molecule has 139 heavy (non-hydrogen) atoms. The molecule has 0 saturated heterocycles. The van der Waals surface area contributed by atoms with E-state index in [9.17, 15) is 29.4 Å². The first-order valence-electron chi connectivity index (χ1n) is 51.1. The highest BCUT2D eigenvalue weighted by molar-refractivity contribution is 7.22. The molecule has 0 fully saturated rings. The molecule has 0 unspecified atom stereocenters. The Morgan fingerprint density at radius 2 is 0.597 bits per heavy atom. The summed E-state index contributed by atoms with van der Waals surface area (Å²) in [6.45, 7) is 50.7. The van der Waals surface area contributed by atoms with Gasteiger partial charge in [-0.15, -0.1) is 45.3 Å². The van der Waals surface area contributed by atoms with Crippen LogP contribution in [0.2, 0.25) is 0 Å². The van der Waals surface area contributed by atoms with Gasteiger partial charge in [-0.2, -0.15) is 0 Å². The number of methoxy groups -OCH3 is 1. The Morgan fingerprint density at radius 1 is 0.331 bits per heavy atom. The van der Waals surface area contributed by atoms with Crippen molar-refractivity contribution in [1.29, 1.82) is 0 Å². The molecule has 11 nitrogen and oxygen atoms in total. The van der Waals surface area contributed by atoms with Gasteiger partial charge in [-0.25, -0.2) is 19.9 Å². The molecular formula is C124H166N4O7S4. The average Bonchev–Trinajstić information content (AvgIpc) is 0.769. The third-order valence-electron chi connectivity index (χ3n) is 27.6. The lowest BCUT2D eigenvalue weighted by Gasteiger charge is -2.25. The number of aliphatic hydroxyl groups is 2. The Bertz CT molecular complexity index is 6450. The maximum absolute atomic E-state index is 13.3. The van der Waals surface area contributed by atoms with Crippen LogP contribution < -0.4 is 26.5 Å². The Morgan fingerprint density at radius 3 is 0.921 bits per heavy atom. The zero-order valence-corrected chi connectivity index (χ0v) is 91.7. The maximum Gasteiger partial charge on any atom is 0.189 e. The van der Waals surface area contributed by atoms with Gasteiger partial charge in [0, 0.05) is 44.5 Å². The molecule has 0 bridgehead atoms. The van der Waals surface area contributed by atoms with Crippen LogP contribution in [-0.2, 0) is 25.7 Å². The molecule has 748 valence electrons. The highest BCUT2D eigenvalue weighted by Crippen LogP contribution is 2.43. The van der Waals surface area contributed by atoms with Crippen molar-refractivity contribution in [3.05, 3.63) is 292 Å². The highest BCUT2D eigenvalue weighted by Gasteiger charge is 2.30. The molecule has 15 heteroatoms. The van der Waals surface area contributed by atoms with Gasteiger partial charge in [0.15, 0.2) is 27.5 Å². The fourth-order valence-corrected chi connectivity index (χ4v) is 22.9. The number of para-hydroxylation sites is 4. The second kappa shape index (κ2) is 55.9. The lowest BCUT2D eigenvalue weighted by atomic mass is 9.87. The molecule has 2 N–H and O–H groups in total. The third-order valence-corrected chi connectivity index (χ3v) is 32.4. The molecule has 0 spiro atoms. The van der Waals surface area contributed by atoms with E-state index in [1.54, 1.807) is 52.5 Å². The standard InChI is InChI=1S/C34H51NO2S.C34H45NO2S.C30H37NOS.C25H29NO2S.CH4/c2*1-23(2)13-10-14-24(3)15-11-16-25(4)17-12-21-34(7,37)22-20-28-32(36)27(6)26(5)31-33(28)38-30-19-9-8-18-29(30)35-31;1-20(2)12-9-13-21(3)14-10-15-22(4)16-11-17-25-29(32)24(6)23(5)28-30(25)33-27-19-8-7-18-26(27)31-28;1-16(2)10-8-11-17(3)12-9-13-19-23(27)18(4)24(28-5)22-25(19)29-21-15-7-6-14-20(21)26-22;/h8-9,18-19,23-25,37H,10-17,20-22H2,1-7H3;8-9,13,15,17-19,37H,10-12,14,16,20-22H2,1-7H3;7-8,12,14,16,18-19H,9-11,13,15,17H2,1-6H3;6-7,10,12,14-15H,8-9,11,13H2,1-5H3;1H4/b;24-15+,25-17+;21-14+,22-16+;17-12+;/t24-,25-,34-;34-;;;/m11.../s1. The van der Waals surface area contributed by atoms with Gasteiger partial charge in [-0.05, 0) is 356 Å². The molecule has 4 aliphatic carbocycles. The summed E-state index contributed by atoms with van der Waals surface area (Å²) in [6, 6.07) is 32.5. The van der Waals surface area contributed by atoms with Crippen LogP contribution in [0.4, 0.5) is 0 Å². The van der Waals surface area contributed by atoms with Crippen molar-refractivity contribution >= 4 is 86.2 Å². The number of rotatable bonds is 43. The van der Waals surface area contributed by atoms with E-state index in [4.69, 9.17) is 24.7 Å². The van der Waals surface area contributed by atoms with E-state index < -0.39 is 11.2 Å². The Kier molecular flexibility index (Phi) is 46.2. The molecule has 4 atom stereocenters. The van der Waals surface area contributed by atoms with Gasteiger partial charge < -0.3 is 14.9 Å². The van der Waals surface area contributed by atoms with Gasteiger partial charge in [0.25, 0.3) is 0 Å². The summed E-state index contributed by atoms with van der Waals surface area (Å²) in [7, 11) is 1.61. The van der Waals surface area contributed by atoms with E-state index in [1.807, 2.05) is 129 Å². The van der Waals surface area contributed by atoms with Crippen LogP contribution in [0.1, 0.15) is 347 Å². The van der Waals surface area contributed by atoms with Crippen LogP contribution in [0.15, 0.2) is 209 Å². The number of nitrogens with zero attached hydrogens (tertiary/aromatic N) is 4. The van der Waals surface area contributed by atoms with Crippen molar-refractivity contribution in [2.45, 2.75) is 371 Å². The van der Waals surface area contributed by atoms with E-state index in [0.29, 0.717) is 49.3 Å². The number of fused-ring (bicyclic) bond motifs is 8. The fraction of sp³-hybridized carbons (Fsp3) is 0.484. The predicted molar refractivity (Wildman–Crippen MR) is 608 cm³/mol. The molecule has 0 radical (unpaired) electrons. The molecule has 4 aromatic carbocycles. The lowest BCUT2D eigenvalue weighted by Crippen LogP contribution is -2.27. The second-order valence-electron chi connectivity index (χ2n) is 41.3. The molecule has 4 aromatic rings. The minimum Gasteiger partial charge on any atom is -0.494 e. The van der Waals surface area contributed by atoms with Gasteiger partial charge in [-0.1, -0.05) is 228 Å². The topological polar surface area (TPSA) is 170 Å². The lowest BCUT2D eigenvalue weighted by molar-refractivity contribution is 0.0385. The van der Waals surface area contributed by atoms with Crippen LogP contribution in [-0.4, -0.2) is 48.5 Å². The van der Waals surface area contributed by atoms with E-state index in [2.05, 4.69) is 183 Å². The first-order chi connectivity index (χ1) is 65.7. The smallest absolute Gasteiger partial charge is 0.189 e. The number of allylic oxidation sites excluding steroid dienone is 16. The summed E-state index contributed by atoms with van der Waals surface area (Å²) in [4.78, 5) is 76.3. The van der Waals surface area contributed by atoms with Gasteiger partial charge in [0.1, 0.15) is 5.69 Å². The van der Waals surface area contributed by atoms with Crippen molar-refractivity contribution in [2.75, 3.05) is 7.11 Å². The summed E-state index contributed by atoms with van der Waals surface area (Å²) >= 11 is 6.64. The summed E-state index contributed by atoms with van der Waals surface area (Å²) in [5.74, 6) is 2.96. The molecule has 4 heterocycles. The van der Waals surface area contributed by atoms with Gasteiger partial charge in [0.2, 0.25) is 0 Å². The van der Waals surface area contributed by atoms with Crippen LogP contribution in [0.25, 0.3) is 83.2 Å². The summed E-state index contributed by atoms with van der Waals surface area (Å²) in [6.07, 6.45) is 47.4. The molecular weight excluding hydrogens is 1790 g/mol. The van der Waals surface area contributed by atoms with Gasteiger partial charge in [-0.3, -0.25) is 19.2 Å². The number of hydrogen-bond acceptors (Lipinski definition) is 15. The van der Waals surface area contributed by atoms with Gasteiger partial charge >= 0.3 is 0 Å². The largest absolute Gasteiger partial charge is 0.494 e. The fourth-order valence-electron chi connectivity index (χ4n) is 18.2. The quantitative estimate of drug-likeness (QED) is 0.0275. The molecule has 0 aromatic heterocycles. The van der Waals surface area contributed by atoms with E-state index >= 15 is 0 Å². The summed E-state index contributed by atoms with van der Waals surface area (Å²) in [5.41, 5.74) is 27.0. The first kappa shape index (κ1) is 115. The number of hydrogen-bond donors (Lipinski definition) is 2. The second-order valence-corrected chi connectivity index (χ2v) is 45.5. The summed E-state index contributed by atoms with van der Waals surface area (Å²) < 4.78 is 9.96. The summed E-state index contributed by atoms with van der Waals surface area (Å²) in [5, 5.41) is 22.4.